The fourth-order valence-corrected chi connectivity index (χ4v) is 3.82. The molecular weight excluding hydrogens is 262 g/mol. The van der Waals surface area contributed by atoms with Crippen molar-refractivity contribution in [2.24, 2.45) is 0 Å². The first-order valence-corrected chi connectivity index (χ1v) is 8.48. The molecule has 4 heteroatoms. The third-order valence-electron chi connectivity index (χ3n) is 5.04. The van der Waals surface area contributed by atoms with Gasteiger partial charge in [-0.15, -0.1) is 0 Å². The Morgan fingerprint density at radius 1 is 1.24 bits per heavy atom. The third kappa shape index (κ3) is 3.50. The van der Waals surface area contributed by atoms with Crippen molar-refractivity contribution in [1.82, 2.24) is 14.4 Å². The molecule has 0 aromatic carbocycles. The summed E-state index contributed by atoms with van der Waals surface area (Å²) in [5, 5.41) is 0. The quantitative estimate of drug-likeness (QED) is 0.829. The van der Waals surface area contributed by atoms with E-state index in [0.29, 0.717) is 12.1 Å². The molecule has 1 aromatic heterocycles. The summed E-state index contributed by atoms with van der Waals surface area (Å²) in [5.41, 5.74) is 1.46. The maximum absolute atomic E-state index is 5.48. The van der Waals surface area contributed by atoms with E-state index in [9.17, 15) is 0 Å². The molecular formula is C17H29N3O. The van der Waals surface area contributed by atoms with Crippen molar-refractivity contribution in [1.29, 1.82) is 0 Å². The molecule has 2 atom stereocenters. The minimum absolute atomic E-state index is 0.651. The van der Waals surface area contributed by atoms with Crippen LogP contribution in [0.1, 0.15) is 32.3 Å². The van der Waals surface area contributed by atoms with Gasteiger partial charge < -0.3 is 9.30 Å². The average molecular weight is 291 g/mol. The summed E-state index contributed by atoms with van der Waals surface area (Å²) < 4.78 is 7.80. The van der Waals surface area contributed by atoms with Crippen LogP contribution in [0.25, 0.3) is 0 Å². The number of likely N-dealkylation sites (tertiary alicyclic amines) is 1. The molecule has 0 saturated carbocycles. The van der Waals surface area contributed by atoms with E-state index in [2.05, 4.69) is 46.7 Å². The summed E-state index contributed by atoms with van der Waals surface area (Å²) in [6.07, 6.45) is 7.04. The summed E-state index contributed by atoms with van der Waals surface area (Å²) in [5.74, 6) is 0. The number of ether oxygens (including phenoxy) is 1. The van der Waals surface area contributed by atoms with Crippen molar-refractivity contribution in [3.8, 4) is 0 Å². The zero-order valence-corrected chi connectivity index (χ0v) is 13.5. The highest BCUT2D eigenvalue weighted by atomic mass is 16.5. The number of aryl methyl sites for hydroxylation is 1. The molecule has 0 unspecified atom stereocenters. The highest BCUT2D eigenvalue weighted by Gasteiger charge is 2.35. The Morgan fingerprint density at radius 2 is 2.05 bits per heavy atom. The minimum Gasteiger partial charge on any atom is -0.379 e. The predicted molar refractivity (Wildman–Crippen MR) is 85.4 cm³/mol. The largest absolute Gasteiger partial charge is 0.379 e. The second kappa shape index (κ2) is 6.95. The normalized spacial score (nSPS) is 28.3. The zero-order chi connectivity index (χ0) is 14.7. The molecule has 0 aliphatic carbocycles. The zero-order valence-electron chi connectivity index (χ0n) is 13.5. The first-order valence-electron chi connectivity index (χ1n) is 8.48. The lowest BCUT2D eigenvalue weighted by Crippen LogP contribution is -2.48. The minimum atomic E-state index is 0.651. The van der Waals surface area contributed by atoms with Crippen LogP contribution in [-0.2, 0) is 17.8 Å². The Morgan fingerprint density at radius 3 is 2.81 bits per heavy atom. The fraction of sp³-hybridized carbons (Fsp3) is 0.765. The molecule has 118 valence electrons. The molecule has 0 amide bonds. The summed E-state index contributed by atoms with van der Waals surface area (Å²) >= 11 is 0. The van der Waals surface area contributed by atoms with Gasteiger partial charge in [0.1, 0.15) is 0 Å². The van der Waals surface area contributed by atoms with Crippen LogP contribution in [0.4, 0.5) is 0 Å². The van der Waals surface area contributed by atoms with Gasteiger partial charge in [0.2, 0.25) is 0 Å². The number of rotatable bonds is 5. The van der Waals surface area contributed by atoms with Gasteiger partial charge in [0.05, 0.1) is 13.2 Å². The maximum Gasteiger partial charge on any atom is 0.0594 e. The molecule has 2 aliphatic rings. The van der Waals surface area contributed by atoms with Crippen LogP contribution in [0.3, 0.4) is 0 Å². The molecule has 21 heavy (non-hydrogen) atoms. The standard InChI is InChI=1S/C17H29N3O/c1-3-6-18-7-4-16(13-18)14-20-8-5-17(15(20)2)19-9-11-21-12-10-19/h4,7,13,15,17H,3,5-6,8-12,14H2,1-2H3/t15-,17-/m1/s1. The second-order valence-corrected chi connectivity index (χ2v) is 6.47. The molecule has 2 saturated heterocycles. The number of aromatic nitrogens is 1. The Bertz CT molecular complexity index is 439. The molecule has 0 bridgehead atoms. The molecule has 2 fully saturated rings. The van der Waals surface area contributed by atoms with E-state index in [-0.39, 0.29) is 0 Å². The van der Waals surface area contributed by atoms with Gasteiger partial charge in [-0.25, -0.2) is 0 Å². The van der Waals surface area contributed by atoms with E-state index in [0.717, 1.165) is 39.4 Å². The molecule has 3 rings (SSSR count). The van der Waals surface area contributed by atoms with Gasteiger partial charge in [0.15, 0.2) is 0 Å². The average Bonchev–Trinajstić information content (AvgIpc) is 3.09. The van der Waals surface area contributed by atoms with Gasteiger partial charge in [-0.05, 0) is 31.4 Å². The molecule has 4 nitrogen and oxygen atoms in total. The smallest absolute Gasteiger partial charge is 0.0594 e. The topological polar surface area (TPSA) is 20.6 Å². The number of hydrogen-bond acceptors (Lipinski definition) is 3. The number of morpholine rings is 1. The van der Waals surface area contributed by atoms with Gasteiger partial charge in [-0.2, -0.15) is 0 Å². The van der Waals surface area contributed by atoms with E-state index in [1.165, 1.54) is 24.9 Å². The van der Waals surface area contributed by atoms with Crippen molar-refractivity contribution in [2.45, 2.75) is 51.9 Å². The fourth-order valence-electron chi connectivity index (χ4n) is 3.82. The Kier molecular flexibility index (Phi) is 4.99. The van der Waals surface area contributed by atoms with E-state index >= 15 is 0 Å². The Balaban J connectivity index is 1.56. The lowest BCUT2D eigenvalue weighted by molar-refractivity contribution is 0.00984. The molecule has 2 aliphatic heterocycles. The highest BCUT2D eigenvalue weighted by Crippen LogP contribution is 2.25. The lowest BCUT2D eigenvalue weighted by atomic mass is 10.1. The van der Waals surface area contributed by atoms with Crippen molar-refractivity contribution in [3.05, 3.63) is 24.0 Å². The van der Waals surface area contributed by atoms with Crippen LogP contribution in [0.5, 0.6) is 0 Å². The summed E-state index contributed by atoms with van der Waals surface area (Å²) in [7, 11) is 0. The third-order valence-corrected chi connectivity index (χ3v) is 5.04. The van der Waals surface area contributed by atoms with Gasteiger partial charge in [0, 0.05) is 57.2 Å². The highest BCUT2D eigenvalue weighted by molar-refractivity contribution is 5.11. The molecule has 1 aromatic rings. The summed E-state index contributed by atoms with van der Waals surface area (Å²) in [4.78, 5) is 5.28. The Labute approximate surface area is 128 Å². The first-order chi connectivity index (χ1) is 10.3. The molecule has 0 radical (unpaired) electrons. The number of hydrogen-bond donors (Lipinski definition) is 0. The van der Waals surface area contributed by atoms with Crippen molar-refractivity contribution in [2.75, 3.05) is 32.8 Å². The molecule has 3 heterocycles. The van der Waals surface area contributed by atoms with Crippen LogP contribution in [0, 0.1) is 0 Å². The monoisotopic (exact) mass is 291 g/mol. The second-order valence-electron chi connectivity index (χ2n) is 6.47. The van der Waals surface area contributed by atoms with Gasteiger partial charge >= 0.3 is 0 Å². The lowest BCUT2D eigenvalue weighted by Gasteiger charge is -2.35. The van der Waals surface area contributed by atoms with Crippen LogP contribution in [0.15, 0.2) is 18.5 Å². The molecule has 0 spiro atoms. The van der Waals surface area contributed by atoms with Gasteiger partial charge in [0.25, 0.3) is 0 Å². The van der Waals surface area contributed by atoms with E-state index in [1.807, 2.05) is 0 Å². The van der Waals surface area contributed by atoms with Gasteiger partial charge in [-0.3, -0.25) is 9.80 Å². The van der Waals surface area contributed by atoms with E-state index in [4.69, 9.17) is 4.74 Å². The van der Waals surface area contributed by atoms with Gasteiger partial charge in [-0.1, -0.05) is 6.92 Å². The van der Waals surface area contributed by atoms with Crippen LogP contribution in [-0.4, -0.2) is 59.3 Å². The van der Waals surface area contributed by atoms with Crippen molar-refractivity contribution < 1.29 is 4.74 Å². The van der Waals surface area contributed by atoms with Crippen molar-refractivity contribution >= 4 is 0 Å². The number of nitrogens with zero attached hydrogens (tertiary/aromatic N) is 3. The summed E-state index contributed by atoms with van der Waals surface area (Å²) in [6, 6.07) is 3.65. The van der Waals surface area contributed by atoms with E-state index < -0.39 is 0 Å². The van der Waals surface area contributed by atoms with Crippen LogP contribution >= 0.6 is 0 Å². The van der Waals surface area contributed by atoms with Crippen molar-refractivity contribution in [3.63, 3.8) is 0 Å². The first kappa shape index (κ1) is 15.1. The Hall–Kier alpha value is -0.840. The van der Waals surface area contributed by atoms with Crippen LogP contribution in [0.2, 0.25) is 0 Å². The predicted octanol–water partition coefficient (Wildman–Crippen LogP) is 2.19. The van der Waals surface area contributed by atoms with E-state index in [1.54, 1.807) is 0 Å². The molecule has 0 N–H and O–H groups in total. The summed E-state index contributed by atoms with van der Waals surface area (Å²) in [6.45, 7) is 12.1. The maximum atomic E-state index is 5.48. The SMILES string of the molecule is CCCn1ccc(CN2CC[C@@H](N3CCOCC3)[C@H]2C)c1. The van der Waals surface area contributed by atoms with Crippen LogP contribution < -0.4 is 0 Å².